The molecule has 1 amide bonds. The summed E-state index contributed by atoms with van der Waals surface area (Å²) in [5.74, 6) is -7.72. The van der Waals surface area contributed by atoms with E-state index in [0.29, 0.717) is 11.1 Å². The Hall–Kier alpha value is -5.71. The lowest BCUT2D eigenvalue weighted by Gasteiger charge is -2.67. The lowest BCUT2D eigenvalue weighted by Crippen LogP contribution is -2.82. The number of carbonyl (C=O) groups is 7. The van der Waals surface area contributed by atoms with Gasteiger partial charge in [0, 0.05) is 44.6 Å². The van der Waals surface area contributed by atoms with Gasteiger partial charge in [0.05, 0.1) is 29.6 Å². The fourth-order valence-electron chi connectivity index (χ4n) is 10.0. The number of ketones is 1. The number of nitrogens with one attached hydrogen (secondary N) is 1. The van der Waals surface area contributed by atoms with Gasteiger partial charge in [-0.05, 0) is 56.5 Å². The fraction of sp³-hybridized carbons (Fsp3) is 0.511. The van der Waals surface area contributed by atoms with Crippen molar-refractivity contribution in [3.05, 3.63) is 94.6 Å². The maximum absolute atomic E-state index is 15.5. The molecule has 16 heteroatoms. The van der Waals surface area contributed by atoms with E-state index in [-0.39, 0.29) is 29.7 Å². The number of allylic oxidation sites excluding steroid dienone is 1. The number of amides is 1. The molecule has 63 heavy (non-hydrogen) atoms. The lowest BCUT2D eigenvalue weighted by atomic mass is 9.44. The smallest absolute Gasteiger partial charge is 0.350 e. The summed E-state index contributed by atoms with van der Waals surface area (Å²) in [6, 6.07) is 14.8. The molecule has 4 aliphatic rings. The zero-order chi connectivity index (χ0) is 46.4. The molecule has 0 unspecified atom stereocenters. The summed E-state index contributed by atoms with van der Waals surface area (Å²) in [5.41, 5.74) is -7.09. The van der Waals surface area contributed by atoms with E-state index in [2.05, 4.69) is 5.32 Å². The maximum Gasteiger partial charge on any atom is 0.350 e. The number of rotatable bonds is 11. The Labute approximate surface area is 365 Å². The molecule has 0 aromatic heterocycles. The van der Waals surface area contributed by atoms with Gasteiger partial charge in [0.25, 0.3) is 0 Å². The van der Waals surface area contributed by atoms with Crippen LogP contribution in [0, 0.1) is 16.7 Å². The van der Waals surface area contributed by atoms with Gasteiger partial charge in [-0.1, -0.05) is 68.5 Å². The van der Waals surface area contributed by atoms with Gasteiger partial charge in [0.15, 0.2) is 17.5 Å². The Kier molecular flexibility index (Phi) is 13.0. The van der Waals surface area contributed by atoms with Gasteiger partial charge in [-0.3, -0.25) is 24.0 Å². The van der Waals surface area contributed by atoms with E-state index in [0.717, 1.165) is 20.8 Å². The van der Waals surface area contributed by atoms with Crippen LogP contribution in [0.25, 0.3) is 0 Å². The van der Waals surface area contributed by atoms with Crippen molar-refractivity contribution in [2.75, 3.05) is 6.61 Å². The van der Waals surface area contributed by atoms with Crippen LogP contribution in [-0.4, -0.2) is 106 Å². The molecule has 338 valence electrons. The van der Waals surface area contributed by atoms with Crippen molar-refractivity contribution in [3.8, 4) is 0 Å². The quantitative estimate of drug-likeness (QED) is 0.126. The minimum absolute atomic E-state index is 0.0175. The van der Waals surface area contributed by atoms with Crippen LogP contribution in [0.4, 0.5) is 0 Å². The first-order valence-electron chi connectivity index (χ1n) is 20.8. The Bertz CT molecular complexity index is 2240. The van der Waals surface area contributed by atoms with E-state index >= 15 is 4.79 Å². The van der Waals surface area contributed by atoms with Crippen molar-refractivity contribution >= 4 is 41.5 Å². The topological polar surface area (TPSA) is 227 Å². The van der Waals surface area contributed by atoms with Crippen molar-refractivity contribution in [3.63, 3.8) is 0 Å². The second-order valence-corrected chi connectivity index (χ2v) is 17.5. The number of esters is 5. The number of Topliss-reactive ketones (excluding diaryl/α,β-unsaturated/α-hetero) is 1. The highest BCUT2D eigenvalue weighted by atomic mass is 16.6. The zero-order valence-corrected chi connectivity index (χ0v) is 36.8. The molecule has 2 aromatic rings. The third-order valence-electron chi connectivity index (χ3n) is 13.5. The monoisotopic (exact) mass is 873 g/mol. The van der Waals surface area contributed by atoms with Gasteiger partial charge >= 0.3 is 29.8 Å². The van der Waals surface area contributed by atoms with Crippen LogP contribution in [0.2, 0.25) is 0 Å². The SMILES string of the molecule is C/C=C(\C)C(=O)N[C@@H](c1ccccc1)[C@@H](OC(C)=O)C(=O)O[C@H]1C[C@@]2(O)[C@@H](OC(=O)c3ccccc3)[C@@H]3[C@]4(OC(C)=O)CO[C@@H]4C[C@@H](O)[C@@]3(C)C(=O)[C@H](OC(C)=O)C(=C1C)C2(C)C. The normalized spacial score (nSPS) is 31.8. The second kappa shape index (κ2) is 17.5. The number of aliphatic hydroxyl groups excluding tert-OH is 1. The molecule has 2 aromatic carbocycles. The molecule has 11 atom stereocenters. The molecule has 3 fully saturated rings. The van der Waals surface area contributed by atoms with Crippen molar-refractivity contribution in [1.29, 1.82) is 0 Å². The largest absolute Gasteiger partial charge is 0.455 e. The van der Waals surface area contributed by atoms with Gasteiger partial charge in [0.1, 0.15) is 30.0 Å². The van der Waals surface area contributed by atoms with E-state index < -0.39 is 119 Å². The zero-order valence-electron chi connectivity index (χ0n) is 36.8. The van der Waals surface area contributed by atoms with Crippen LogP contribution in [-0.2, 0) is 57.2 Å². The number of aliphatic hydroxyl groups is 2. The number of hydrogen-bond acceptors (Lipinski definition) is 15. The molecule has 2 saturated carbocycles. The molecular weight excluding hydrogens is 819 g/mol. The summed E-state index contributed by atoms with van der Waals surface area (Å²) in [7, 11) is 0. The molecule has 6 rings (SSSR count). The van der Waals surface area contributed by atoms with Crippen LogP contribution < -0.4 is 5.32 Å². The molecule has 2 bridgehead atoms. The maximum atomic E-state index is 15.5. The number of ether oxygens (including phenoxy) is 6. The highest BCUT2D eigenvalue weighted by Crippen LogP contribution is 2.64. The molecule has 1 heterocycles. The Morgan fingerprint density at radius 2 is 1.49 bits per heavy atom. The summed E-state index contributed by atoms with van der Waals surface area (Å²) >= 11 is 0. The minimum atomic E-state index is -2.42. The van der Waals surface area contributed by atoms with Crippen molar-refractivity contribution < 1.29 is 72.2 Å². The lowest BCUT2D eigenvalue weighted by molar-refractivity contribution is -0.346. The van der Waals surface area contributed by atoms with Gasteiger partial charge in [-0.15, -0.1) is 0 Å². The number of fused-ring (bicyclic) bond motifs is 5. The summed E-state index contributed by atoms with van der Waals surface area (Å²) < 4.78 is 36.1. The average Bonchev–Trinajstić information content (AvgIpc) is 3.22. The van der Waals surface area contributed by atoms with Gasteiger partial charge in [0.2, 0.25) is 12.0 Å². The van der Waals surface area contributed by atoms with Crippen LogP contribution in [0.3, 0.4) is 0 Å². The molecule has 1 saturated heterocycles. The van der Waals surface area contributed by atoms with E-state index in [1.807, 2.05) is 0 Å². The molecule has 16 nitrogen and oxygen atoms in total. The molecule has 3 N–H and O–H groups in total. The van der Waals surface area contributed by atoms with E-state index in [4.69, 9.17) is 28.4 Å². The molecule has 3 aliphatic carbocycles. The summed E-state index contributed by atoms with van der Waals surface area (Å²) in [6.07, 6.45) is -8.87. The fourth-order valence-corrected chi connectivity index (χ4v) is 10.0. The van der Waals surface area contributed by atoms with Crippen LogP contribution in [0.1, 0.15) is 97.1 Å². The number of carbonyl (C=O) groups excluding carboxylic acids is 7. The highest BCUT2D eigenvalue weighted by Gasteiger charge is 2.78. The summed E-state index contributed by atoms with van der Waals surface area (Å²) in [6.45, 7) is 12.2. The van der Waals surface area contributed by atoms with Crippen molar-refractivity contribution in [1.82, 2.24) is 5.32 Å². The molecule has 0 spiro atoms. The average molecular weight is 874 g/mol. The third kappa shape index (κ3) is 8.08. The van der Waals surface area contributed by atoms with Gasteiger partial charge < -0.3 is 44.0 Å². The van der Waals surface area contributed by atoms with Gasteiger partial charge in [-0.25, -0.2) is 9.59 Å². The van der Waals surface area contributed by atoms with Crippen LogP contribution in [0.15, 0.2) is 83.5 Å². The van der Waals surface area contributed by atoms with Crippen molar-refractivity contribution in [2.24, 2.45) is 16.7 Å². The van der Waals surface area contributed by atoms with E-state index in [1.54, 1.807) is 82.3 Å². The number of hydrogen-bond donors (Lipinski definition) is 3. The Morgan fingerprint density at radius 1 is 0.873 bits per heavy atom. The van der Waals surface area contributed by atoms with Crippen LogP contribution >= 0.6 is 0 Å². The second-order valence-electron chi connectivity index (χ2n) is 17.5. The van der Waals surface area contributed by atoms with E-state index in [1.165, 1.54) is 26.0 Å². The number of benzene rings is 2. The van der Waals surface area contributed by atoms with E-state index in [9.17, 15) is 39.0 Å². The molecular formula is C47H55NO15. The predicted octanol–water partition coefficient (Wildman–Crippen LogP) is 3.96. The highest BCUT2D eigenvalue weighted by molar-refractivity contribution is 5.96. The molecule has 0 radical (unpaired) electrons. The standard InChI is InChI=1S/C47H55NO15/c1-10-24(2)41(54)48-35(29-17-13-11-14-18-29)37(60-27(5)50)43(56)61-31-22-47(57)40(62-42(55)30-19-15-12-16-20-30)38-45(9,32(52)21-33-46(38,23-58-33)63-28(6)51)39(53)36(59-26(4)49)34(25(31)3)44(47,7)8/h10-20,31-33,35-38,40,52,57H,21-23H2,1-9H3,(H,48,54)/b24-10+/t31-,32+,33+,35-,36+,37+,38-,40-,45+,46-,47+/m0/s1. The summed E-state index contributed by atoms with van der Waals surface area (Å²) in [5, 5.41) is 28.6. The molecule has 1 aliphatic heterocycles. The van der Waals surface area contributed by atoms with Crippen LogP contribution in [0.5, 0.6) is 0 Å². The Balaban J connectivity index is 1.59. The predicted molar refractivity (Wildman–Crippen MR) is 221 cm³/mol. The minimum Gasteiger partial charge on any atom is -0.455 e. The first-order chi connectivity index (χ1) is 29.5. The first kappa shape index (κ1) is 46.8. The third-order valence-corrected chi connectivity index (χ3v) is 13.5. The van der Waals surface area contributed by atoms with Gasteiger partial charge in [-0.2, -0.15) is 0 Å². The summed E-state index contributed by atoms with van der Waals surface area (Å²) in [4.78, 5) is 96.7. The first-order valence-corrected chi connectivity index (χ1v) is 20.8. The Morgan fingerprint density at radius 3 is 2.03 bits per heavy atom. The van der Waals surface area contributed by atoms with Crippen molar-refractivity contribution in [2.45, 2.75) is 129 Å².